The van der Waals surface area contributed by atoms with E-state index in [9.17, 15) is 28.1 Å². The molecule has 3 rings (SSSR count). The van der Waals surface area contributed by atoms with Crippen LogP contribution in [-0.4, -0.2) is 10.8 Å². The Kier molecular flexibility index (Phi) is 5.49. The molecular formula is C20H14F3N3O3. The summed E-state index contributed by atoms with van der Waals surface area (Å²) < 4.78 is 39.7. The van der Waals surface area contributed by atoms with Gasteiger partial charge in [0.05, 0.1) is 16.2 Å². The molecule has 29 heavy (non-hydrogen) atoms. The van der Waals surface area contributed by atoms with E-state index in [2.05, 4.69) is 5.43 Å². The van der Waals surface area contributed by atoms with E-state index < -0.39 is 33.9 Å². The van der Waals surface area contributed by atoms with Crippen molar-refractivity contribution in [1.29, 1.82) is 0 Å². The highest BCUT2D eigenvalue weighted by Gasteiger charge is 2.34. The van der Waals surface area contributed by atoms with Crippen molar-refractivity contribution in [2.45, 2.75) is 6.18 Å². The maximum Gasteiger partial charge on any atom is 0.416 e. The molecule has 6 nitrogen and oxygen atoms in total. The van der Waals surface area contributed by atoms with Crippen molar-refractivity contribution in [2.24, 2.45) is 0 Å². The lowest BCUT2D eigenvalue weighted by Gasteiger charge is -2.26. The van der Waals surface area contributed by atoms with Crippen molar-refractivity contribution in [3.05, 3.63) is 100 Å². The number of amides is 1. The van der Waals surface area contributed by atoms with Crippen LogP contribution >= 0.6 is 0 Å². The second-order valence-corrected chi connectivity index (χ2v) is 5.94. The van der Waals surface area contributed by atoms with E-state index in [1.165, 1.54) is 24.3 Å². The zero-order chi connectivity index (χ0) is 21.0. The molecule has 0 aliphatic rings. The molecule has 0 aliphatic heterocycles. The topological polar surface area (TPSA) is 75.5 Å². The molecule has 1 N–H and O–H groups in total. The summed E-state index contributed by atoms with van der Waals surface area (Å²) in [5.41, 5.74) is 0.871. The van der Waals surface area contributed by atoms with Crippen LogP contribution in [0.1, 0.15) is 15.9 Å². The van der Waals surface area contributed by atoms with Crippen LogP contribution in [0.15, 0.2) is 78.9 Å². The van der Waals surface area contributed by atoms with Crippen molar-refractivity contribution in [1.82, 2.24) is 5.43 Å². The van der Waals surface area contributed by atoms with E-state index in [4.69, 9.17) is 0 Å². The van der Waals surface area contributed by atoms with E-state index in [0.29, 0.717) is 12.1 Å². The maximum absolute atomic E-state index is 13.2. The Hall–Kier alpha value is -3.88. The van der Waals surface area contributed by atoms with Gasteiger partial charge in [-0.1, -0.05) is 36.4 Å². The summed E-state index contributed by atoms with van der Waals surface area (Å²) in [7, 11) is 0. The first kappa shape index (κ1) is 19.9. The largest absolute Gasteiger partial charge is 0.416 e. The predicted molar refractivity (Wildman–Crippen MR) is 101 cm³/mol. The molecule has 0 heterocycles. The van der Waals surface area contributed by atoms with Gasteiger partial charge >= 0.3 is 6.18 Å². The number of para-hydroxylation sites is 1. The lowest BCUT2D eigenvalue weighted by Crippen LogP contribution is -2.39. The fourth-order valence-electron chi connectivity index (χ4n) is 2.63. The number of anilines is 2. The number of carbonyl (C=O) groups is 1. The average Bonchev–Trinajstić information content (AvgIpc) is 2.72. The number of nitro benzene ring substituents is 1. The third-order valence-electron chi connectivity index (χ3n) is 4.00. The van der Waals surface area contributed by atoms with Gasteiger partial charge in [0.25, 0.3) is 11.6 Å². The van der Waals surface area contributed by atoms with Crippen LogP contribution in [0.5, 0.6) is 0 Å². The molecule has 0 fully saturated rings. The van der Waals surface area contributed by atoms with E-state index in [0.717, 1.165) is 11.1 Å². The van der Waals surface area contributed by atoms with Gasteiger partial charge in [-0.3, -0.25) is 20.3 Å². The quantitative estimate of drug-likeness (QED) is 0.477. The SMILES string of the molecule is O=C(NN(c1ccccc1)c1cc(C(F)(F)F)ccc1[N+](=O)[O-])c1ccccc1. The molecule has 0 aliphatic carbocycles. The first-order chi connectivity index (χ1) is 13.8. The second kappa shape index (κ2) is 8.01. The Balaban J connectivity index is 2.13. The molecular weight excluding hydrogens is 387 g/mol. The summed E-state index contributed by atoms with van der Waals surface area (Å²) in [4.78, 5) is 23.3. The van der Waals surface area contributed by atoms with Crippen molar-refractivity contribution in [2.75, 3.05) is 5.01 Å². The highest BCUT2D eigenvalue weighted by Crippen LogP contribution is 2.38. The van der Waals surface area contributed by atoms with Crippen molar-refractivity contribution in [3.8, 4) is 0 Å². The number of alkyl halides is 3. The van der Waals surface area contributed by atoms with Crippen LogP contribution in [-0.2, 0) is 6.18 Å². The van der Waals surface area contributed by atoms with E-state index in [1.54, 1.807) is 36.4 Å². The van der Waals surface area contributed by atoms with Crippen molar-refractivity contribution >= 4 is 23.0 Å². The minimum Gasteiger partial charge on any atom is -0.267 e. The molecule has 0 bridgehead atoms. The monoisotopic (exact) mass is 401 g/mol. The van der Waals surface area contributed by atoms with Crippen LogP contribution in [0.3, 0.4) is 0 Å². The number of hydrazine groups is 1. The summed E-state index contributed by atoms with van der Waals surface area (Å²) in [6.45, 7) is 0. The van der Waals surface area contributed by atoms with Gasteiger partial charge in [-0.15, -0.1) is 0 Å². The van der Waals surface area contributed by atoms with Gasteiger partial charge in [-0.25, -0.2) is 5.01 Å². The fraction of sp³-hybridized carbons (Fsp3) is 0.0500. The molecule has 1 amide bonds. The summed E-state index contributed by atoms with van der Waals surface area (Å²) in [5, 5.41) is 12.4. The van der Waals surface area contributed by atoms with Gasteiger partial charge in [-0.2, -0.15) is 13.2 Å². The van der Waals surface area contributed by atoms with Gasteiger partial charge in [0.15, 0.2) is 0 Å². The molecule has 0 radical (unpaired) electrons. The van der Waals surface area contributed by atoms with E-state index in [-0.39, 0.29) is 11.3 Å². The Morgan fingerprint density at radius 2 is 1.52 bits per heavy atom. The smallest absolute Gasteiger partial charge is 0.267 e. The van der Waals surface area contributed by atoms with Crippen LogP contribution in [0.25, 0.3) is 0 Å². The molecule has 3 aromatic carbocycles. The number of hydrogen-bond acceptors (Lipinski definition) is 4. The van der Waals surface area contributed by atoms with Gasteiger partial charge in [0.2, 0.25) is 0 Å². The number of nitro groups is 1. The Labute approximate surface area is 163 Å². The molecule has 148 valence electrons. The lowest BCUT2D eigenvalue weighted by molar-refractivity contribution is -0.384. The standard InChI is InChI=1S/C20H14F3N3O3/c21-20(22,23)15-11-12-17(26(28)29)18(13-15)25(16-9-5-2-6-10-16)24-19(27)14-7-3-1-4-8-14/h1-13H,(H,24,27). The Bertz CT molecular complexity index is 1030. The fourth-order valence-corrected chi connectivity index (χ4v) is 2.63. The number of hydrogen-bond donors (Lipinski definition) is 1. The first-order valence-electron chi connectivity index (χ1n) is 8.34. The summed E-state index contributed by atoms with van der Waals surface area (Å²) in [5.74, 6) is -0.638. The molecule has 0 saturated carbocycles. The zero-order valence-electron chi connectivity index (χ0n) is 14.8. The van der Waals surface area contributed by atoms with Gasteiger partial charge in [0.1, 0.15) is 5.69 Å². The Morgan fingerprint density at radius 1 is 0.931 bits per heavy atom. The third kappa shape index (κ3) is 4.52. The zero-order valence-corrected chi connectivity index (χ0v) is 14.8. The first-order valence-corrected chi connectivity index (χ1v) is 8.34. The van der Waals surface area contributed by atoms with Crippen LogP contribution in [0.4, 0.5) is 30.2 Å². The molecule has 9 heteroatoms. The lowest BCUT2D eigenvalue weighted by atomic mass is 10.1. The van der Waals surface area contributed by atoms with Crippen LogP contribution in [0.2, 0.25) is 0 Å². The highest BCUT2D eigenvalue weighted by atomic mass is 19.4. The summed E-state index contributed by atoms with van der Waals surface area (Å²) in [6, 6.07) is 17.9. The molecule has 0 spiro atoms. The van der Waals surface area contributed by atoms with Gasteiger partial charge in [-0.05, 0) is 36.4 Å². The molecule has 0 saturated heterocycles. The summed E-state index contributed by atoms with van der Waals surface area (Å²) in [6.07, 6.45) is -4.71. The second-order valence-electron chi connectivity index (χ2n) is 5.94. The number of halogens is 3. The minimum atomic E-state index is -4.71. The number of rotatable bonds is 5. The van der Waals surface area contributed by atoms with Gasteiger partial charge in [0, 0.05) is 11.6 Å². The Morgan fingerprint density at radius 3 is 2.07 bits per heavy atom. The maximum atomic E-state index is 13.2. The third-order valence-corrected chi connectivity index (χ3v) is 4.00. The molecule has 3 aromatic rings. The number of nitrogens with zero attached hydrogens (tertiary/aromatic N) is 2. The average molecular weight is 401 g/mol. The predicted octanol–water partition coefficient (Wildman–Crippen LogP) is 5.10. The van der Waals surface area contributed by atoms with Crippen LogP contribution < -0.4 is 10.4 Å². The minimum absolute atomic E-state index is 0.239. The van der Waals surface area contributed by atoms with Gasteiger partial charge < -0.3 is 0 Å². The van der Waals surface area contributed by atoms with Crippen molar-refractivity contribution in [3.63, 3.8) is 0 Å². The molecule has 0 atom stereocenters. The van der Waals surface area contributed by atoms with Crippen LogP contribution in [0, 0.1) is 10.1 Å². The number of carbonyl (C=O) groups excluding carboxylic acids is 1. The van der Waals surface area contributed by atoms with Crippen molar-refractivity contribution < 1.29 is 22.9 Å². The number of benzene rings is 3. The number of nitrogens with one attached hydrogen (secondary N) is 1. The molecule has 0 aromatic heterocycles. The van der Waals surface area contributed by atoms with E-state index in [1.807, 2.05) is 0 Å². The van der Waals surface area contributed by atoms with E-state index >= 15 is 0 Å². The summed E-state index contributed by atoms with van der Waals surface area (Å²) >= 11 is 0. The highest BCUT2D eigenvalue weighted by molar-refractivity contribution is 5.96. The normalized spacial score (nSPS) is 11.0. The molecule has 0 unspecified atom stereocenters.